The lowest BCUT2D eigenvalue weighted by atomic mass is 9.79. The molecule has 0 unspecified atom stereocenters. The summed E-state index contributed by atoms with van der Waals surface area (Å²) in [6.07, 6.45) is 1.80. The van der Waals surface area contributed by atoms with Crippen LogP contribution in [-0.4, -0.2) is 18.5 Å². The maximum Gasteiger partial charge on any atom is 0.317 e. The van der Waals surface area contributed by atoms with Crippen molar-refractivity contribution in [3.8, 4) is 0 Å². The van der Waals surface area contributed by atoms with Crippen LogP contribution in [0.5, 0.6) is 0 Å². The number of carboxylic acid groups (broad SMARTS) is 1. The fourth-order valence-electron chi connectivity index (χ4n) is 1.74. The summed E-state index contributed by atoms with van der Waals surface area (Å²) < 4.78 is 4.81. The molecule has 0 bridgehead atoms. The van der Waals surface area contributed by atoms with Gasteiger partial charge in [0, 0.05) is 0 Å². The molecule has 88 valence electrons. The molecule has 0 radical (unpaired) electrons. The molecule has 15 heavy (non-hydrogen) atoms. The summed E-state index contributed by atoms with van der Waals surface area (Å²) in [5.41, 5.74) is -1.44. The number of ether oxygens (including phenoxy) is 1. The van der Waals surface area contributed by atoms with Crippen molar-refractivity contribution >= 4 is 11.9 Å². The molecule has 0 amide bonds. The fraction of sp³-hybridized carbons (Fsp3) is 0.818. The van der Waals surface area contributed by atoms with E-state index in [2.05, 4.69) is 0 Å². The Balaban J connectivity index is 4.92. The first-order chi connectivity index (χ1) is 7.05. The van der Waals surface area contributed by atoms with Gasteiger partial charge in [-0.15, -0.1) is 0 Å². The molecule has 4 heteroatoms. The van der Waals surface area contributed by atoms with Gasteiger partial charge in [0.2, 0.25) is 0 Å². The van der Waals surface area contributed by atoms with Gasteiger partial charge in [-0.2, -0.15) is 0 Å². The largest absolute Gasteiger partial charge is 0.549 e. The highest BCUT2D eigenvalue weighted by atomic mass is 16.5. The van der Waals surface area contributed by atoms with Crippen LogP contribution in [0.25, 0.3) is 0 Å². The Morgan fingerprint density at radius 2 is 1.60 bits per heavy atom. The first-order valence-corrected chi connectivity index (χ1v) is 5.43. The Morgan fingerprint density at radius 3 is 1.87 bits per heavy atom. The zero-order valence-corrected chi connectivity index (χ0v) is 9.67. The number of carbonyl (C=O) groups excluding carboxylic acids is 2. The van der Waals surface area contributed by atoms with Crippen LogP contribution in [0.2, 0.25) is 0 Å². The Kier molecular flexibility index (Phi) is 5.97. The summed E-state index contributed by atoms with van der Waals surface area (Å²) in [5, 5.41) is 11.1. The van der Waals surface area contributed by atoms with E-state index in [1.165, 1.54) is 0 Å². The molecule has 0 saturated heterocycles. The van der Waals surface area contributed by atoms with E-state index in [9.17, 15) is 14.7 Å². The number of aliphatic carboxylic acids is 1. The number of carboxylic acids is 1. The van der Waals surface area contributed by atoms with Crippen molar-refractivity contribution < 1.29 is 19.4 Å². The predicted octanol–water partition coefficient (Wildman–Crippen LogP) is 0.886. The summed E-state index contributed by atoms with van der Waals surface area (Å²) in [5.74, 6) is -1.97. The molecule has 0 aliphatic carbocycles. The van der Waals surface area contributed by atoms with Crippen molar-refractivity contribution in [2.24, 2.45) is 5.41 Å². The quantitative estimate of drug-likeness (QED) is 0.467. The van der Waals surface area contributed by atoms with Crippen LogP contribution in [-0.2, 0) is 14.3 Å². The molecule has 0 rings (SSSR count). The monoisotopic (exact) mass is 215 g/mol. The average Bonchev–Trinajstić information content (AvgIpc) is 2.17. The lowest BCUT2D eigenvalue weighted by molar-refractivity contribution is -0.319. The van der Waals surface area contributed by atoms with Gasteiger partial charge in [0.15, 0.2) is 0 Å². The van der Waals surface area contributed by atoms with E-state index in [0.717, 1.165) is 0 Å². The molecule has 0 aliphatic heterocycles. The van der Waals surface area contributed by atoms with Crippen molar-refractivity contribution in [1.29, 1.82) is 0 Å². The highest BCUT2D eigenvalue weighted by molar-refractivity contribution is 5.98. The highest BCUT2D eigenvalue weighted by Gasteiger charge is 2.39. The molecule has 0 saturated carbocycles. The van der Waals surface area contributed by atoms with E-state index < -0.39 is 17.4 Å². The summed E-state index contributed by atoms with van der Waals surface area (Å²) in [7, 11) is 0. The molecular weight excluding hydrogens is 196 g/mol. The molecule has 0 heterocycles. The minimum absolute atomic E-state index is 0.196. The van der Waals surface area contributed by atoms with E-state index in [1.807, 2.05) is 13.8 Å². The Bertz CT molecular complexity index is 217. The van der Waals surface area contributed by atoms with Gasteiger partial charge in [0.05, 0.1) is 12.6 Å². The smallest absolute Gasteiger partial charge is 0.317 e. The molecule has 0 N–H and O–H groups in total. The Labute approximate surface area is 90.6 Å². The van der Waals surface area contributed by atoms with Crippen molar-refractivity contribution in [2.45, 2.75) is 46.5 Å². The number of esters is 1. The van der Waals surface area contributed by atoms with Crippen LogP contribution in [0.4, 0.5) is 0 Å². The van der Waals surface area contributed by atoms with Crippen molar-refractivity contribution in [1.82, 2.24) is 0 Å². The first-order valence-electron chi connectivity index (χ1n) is 5.43. The number of hydrogen-bond acceptors (Lipinski definition) is 4. The van der Waals surface area contributed by atoms with Crippen LogP contribution in [0.3, 0.4) is 0 Å². The van der Waals surface area contributed by atoms with Crippen molar-refractivity contribution in [3.63, 3.8) is 0 Å². The fourth-order valence-corrected chi connectivity index (χ4v) is 1.74. The molecule has 4 nitrogen and oxygen atoms in total. The van der Waals surface area contributed by atoms with Gasteiger partial charge in [-0.1, -0.05) is 26.7 Å². The second kappa shape index (κ2) is 6.43. The topological polar surface area (TPSA) is 66.4 Å². The molecular formula is C11H19O4-. The van der Waals surface area contributed by atoms with Gasteiger partial charge in [-0.05, 0) is 19.8 Å². The molecule has 0 atom stereocenters. The van der Waals surface area contributed by atoms with Crippen LogP contribution < -0.4 is 5.11 Å². The standard InChI is InChI=1S/C11H20O4/c1-4-7-11(8-5-2,9(12)13)10(14)15-6-3/h4-8H2,1-3H3,(H,12,13)/p-1. The molecule has 0 aromatic heterocycles. The van der Waals surface area contributed by atoms with Crippen LogP contribution in [0, 0.1) is 5.41 Å². The summed E-state index contributed by atoms with van der Waals surface area (Å²) in [6, 6.07) is 0. The maximum atomic E-state index is 11.6. The minimum Gasteiger partial charge on any atom is -0.549 e. The van der Waals surface area contributed by atoms with E-state index in [-0.39, 0.29) is 19.4 Å². The second-order valence-corrected chi connectivity index (χ2v) is 3.59. The number of hydrogen-bond donors (Lipinski definition) is 0. The lowest BCUT2D eigenvalue weighted by Crippen LogP contribution is -2.48. The summed E-state index contributed by atoms with van der Waals surface area (Å²) in [6.45, 7) is 5.54. The SMILES string of the molecule is CCCC(CCC)(C(=O)[O-])C(=O)OCC. The number of carbonyl (C=O) groups is 2. The minimum atomic E-state index is -1.44. The van der Waals surface area contributed by atoms with Gasteiger partial charge in [-0.3, -0.25) is 4.79 Å². The van der Waals surface area contributed by atoms with E-state index in [4.69, 9.17) is 4.74 Å². The van der Waals surface area contributed by atoms with Crippen LogP contribution >= 0.6 is 0 Å². The van der Waals surface area contributed by atoms with Crippen LogP contribution in [0.15, 0.2) is 0 Å². The van der Waals surface area contributed by atoms with Gasteiger partial charge in [-0.25, -0.2) is 0 Å². The van der Waals surface area contributed by atoms with Gasteiger partial charge in [0.25, 0.3) is 0 Å². The lowest BCUT2D eigenvalue weighted by Gasteiger charge is -2.31. The van der Waals surface area contributed by atoms with Crippen molar-refractivity contribution in [2.75, 3.05) is 6.61 Å². The zero-order valence-electron chi connectivity index (χ0n) is 9.67. The Morgan fingerprint density at radius 1 is 1.13 bits per heavy atom. The molecule has 0 spiro atoms. The number of rotatable bonds is 7. The third kappa shape index (κ3) is 3.22. The first kappa shape index (κ1) is 13.9. The second-order valence-electron chi connectivity index (χ2n) is 3.59. The van der Waals surface area contributed by atoms with Crippen molar-refractivity contribution in [3.05, 3.63) is 0 Å². The molecule has 0 aromatic rings. The van der Waals surface area contributed by atoms with Gasteiger partial charge >= 0.3 is 5.97 Å². The van der Waals surface area contributed by atoms with E-state index >= 15 is 0 Å². The molecule has 0 aliphatic rings. The van der Waals surface area contributed by atoms with Gasteiger partial charge < -0.3 is 14.6 Å². The molecule has 0 fully saturated rings. The summed E-state index contributed by atoms with van der Waals surface area (Å²) >= 11 is 0. The average molecular weight is 215 g/mol. The van der Waals surface area contributed by atoms with E-state index in [1.54, 1.807) is 6.92 Å². The van der Waals surface area contributed by atoms with Crippen LogP contribution in [0.1, 0.15) is 46.5 Å². The molecule has 0 aromatic carbocycles. The third-order valence-corrected chi connectivity index (χ3v) is 2.41. The Hall–Kier alpha value is -1.06. The third-order valence-electron chi connectivity index (χ3n) is 2.41. The zero-order chi connectivity index (χ0) is 11.9. The normalized spacial score (nSPS) is 11.1. The highest BCUT2D eigenvalue weighted by Crippen LogP contribution is 2.31. The van der Waals surface area contributed by atoms with E-state index in [0.29, 0.717) is 12.8 Å². The predicted molar refractivity (Wildman–Crippen MR) is 53.9 cm³/mol. The summed E-state index contributed by atoms with van der Waals surface area (Å²) in [4.78, 5) is 22.7. The van der Waals surface area contributed by atoms with Gasteiger partial charge in [0.1, 0.15) is 5.41 Å². The maximum absolute atomic E-state index is 11.6.